The number of nitrogens with one attached hydrogen (secondary N) is 1. The van der Waals surface area contributed by atoms with Crippen LogP contribution in [0.1, 0.15) is 41.8 Å². The van der Waals surface area contributed by atoms with Gasteiger partial charge in [0, 0.05) is 19.4 Å². The number of aromatic nitrogens is 2. The van der Waals surface area contributed by atoms with E-state index in [2.05, 4.69) is 10.3 Å². The summed E-state index contributed by atoms with van der Waals surface area (Å²) in [5, 5.41) is 3.86. The molecule has 0 radical (unpaired) electrons. The van der Waals surface area contributed by atoms with Gasteiger partial charge >= 0.3 is 0 Å². The highest BCUT2D eigenvalue weighted by Crippen LogP contribution is 2.22. The molecule has 7 heteroatoms. The van der Waals surface area contributed by atoms with Gasteiger partial charge < -0.3 is 19.0 Å². The first-order chi connectivity index (χ1) is 13.1. The zero-order valence-electron chi connectivity index (χ0n) is 15.6. The maximum absolute atomic E-state index is 12.4. The molecule has 0 spiro atoms. The van der Waals surface area contributed by atoms with E-state index in [-0.39, 0.29) is 11.9 Å². The van der Waals surface area contributed by atoms with Gasteiger partial charge in [0.25, 0.3) is 5.91 Å². The van der Waals surface area contributed by atoms with E-state index in [0.29, 0.717) is 18.1 Å². The van der Waals surface area contributed by atoms with Gasteiger partial charge in [-0.1, -0.05) is 23.9 Å². The van der Waals surface area contributed by atoms with Gasteiger partial charge in [-0.25, -0.2) is 4.98 Å². The second-order valence-electron chi connectivity index (χ2n) is 6.07. The predicted molar refractivity (Wildman–Crippen MR) is 105 cm³/mol. The van der Waals surface area contributed by atoms with E-state index in [9.17, 15) is 4.79 Å². The standard InChI is InChI=1S/C20H23N3O3S/c1-4-25-16-7-5-15(6-8-16)14(2)22-19(24)18-10-9-17(26-18)13-27-20-21-11-12-23(20)3/h5-12,14H,4,13H2,1-3H3,(H,22,24). The molecule has 1 atom stereocenters. The quantitative estimate of drug-likeness (QED) is 0.589. The number of hydrogen-bond acceptors (Lipinski definition) is 5. The Bertz CT molecular complexity index is 886. The Kier molecular flexibility index (Phi) is 6.24. The number of nitrogens with zero attached hydrogens (tertiary/aromatic N) is 2. The summed E-state index contributed by atoms with van der Waals surface area (Å²) in [7, 11) is 1.94. The topological polar surface area (TPSA) is 69.3 Å². The number of imidazole rings is 1. The monoisotopic (exact) mass is 385 g/mol. The number of aryl methyl sites for hydroxylation is 1. The molecular formula is C20H23N3O3S. The number of furan rings is 1. The van der Waals surface area contributed by atoms with Crippen molar-refractivity contribution in [3.05, 3.63) is 65.9 Å². The van der Waals surface area contributed by atoms with E-state index in [1.54, 1.807) is 24.0 Å². The van der Waals surface area contributed by atoms with Crippen molar-refractivity contribution < 1.29 is 13.9 Å². The first-order valence-corrected chi connectivity index (χ1v) is 9.78. The van der Waals surface area contributed by atoms with Crippen LogP contribution < -0.4 is 10.1 Å². The molecule has 0 bridgehead atoms. The molecule has 142 valence electrons. The number of benzene rings is 1. The highest BCUT2D eigenvalue weighted by atomic mass is 32.2. The van der Waals surface area contributed by atoms with E-state index in [1.807, 2.05) is 62.0 Å². The summed E-state index contributed by atoms with van der Waals surface area (Å²) in [4.78, 5) is 16.7. The van der Waals surface area contributed by atoms with Gasteiger partial charge in [0.05, 0.1) is 18.4 Å². The van der Waals surface area contributed by atoms with E-state index in [1.165, 1.54) is 0 Å². The second kappa shape index (κ2) is 8.81. The third-order valence-corrected chi connectivity index (χ3v) is 5.13. The zero-order chi connectivity index (χ0) is 19.2. The number of carbonyl (C=O) groups is 1. The molecule has 0 aliphatic heterocycles. The number of hydrogen-bond donors (Lipinski definition) is 1. The van der Waals surface area contributed by atoms with Gasteiger partial charge in [0.15, 0.2) is 10.9 Å². The van der Waals surface area contributed by atoms with Crippen molar-refractivity contribution in [1.82, 2.24) is 14.9 Å². The van der Waals surface area contributed by atoms with E-state index >= 15 is 0 Å². The maximum Gasteiger partial charge on any atom is 0.287 e. The van der Waals surface area contributed by atoms with Crippen LogP contribution in [0, 0.1) is 0 Å². The molecular weight excluding hydrogens is 362 g/mol. The minimum atomic E-state index is -0.232. The minimum absolute atomic E-state index is 0.135. The molecule has 0 fully saturated rings. The molecule has 3 rings (SSSR count). The van der Waals surface area contributed by atoms with Crippen LogP contribution in [0.25, 0.3) is 0 Å². The molecule has 1 aromatic carbocycles. The summed E-state index contributed by atoms with van der Waals surface area (Å²) in [5.74, 6) is 2.25. The Balaban J connectivity index is 1.56. The lowest BCUT2D eigenvalue weighted by atomic mass is 10.1. The molecule has 0 aliphatic rings. The lowest BCUT2D eigenvalue weighted by molar-refractivity contribution is 0.0910. The van der Waals surface area contributed by atoms with Crippen LogP contribution in [0.3, 0.4) is 0 Å². The summed E-state index contributed by atoms with van der Waals surface area (Å²) in [6.45, 7) is 4.52. The summed E-state index contributed by atoms with van der Waals surface area (Å²) >= 11 is 1.56. The van der Waals surface area contributed by atoms with Gasteiger partial charge in [-0.3, -0.25) is 4.79 Å². The Morgan fingerprint density at radius 1 is 1.30 bits per heavy atom. The molecule has 1 N–H and O–H groups in total. The second-order valence-corrected chi connectivity index (χ2v) is 7.02. The van der Waals surface area contributed by atoms with E-state index in [0.717, 1.165) is 22.2 Å². The van der Waals surface area contributed by atoms with E-state index < -0.39 is 0 Å². The molecule has 3 aromatic rings. The summed E-state index contributed by atoms with van der Waals surface area (Å²) in [6.07, 6.45) is 3.65. The van der Waals surface area contributed by atoms with Crippen LogP contribution in [0.5, 0.6) is 5.75 Å². The third-order valence-electron chi connectivity index (χ3n) is 4.04. The van der Waals surface area contributed by atoms with Gasteiger partial charge in [-0.05, 0) is 43.7 Å². The lowest BCUT2D eigenvalue weighted by Gasteiger charge is -2.14. The number of carbonyl (C=O) groups excluding carboxylic acids is 1. The molecule has 1 amide bonds. The first kappa shape index (κ1) is 19.1. The molecule has 6 nitrogen and oxygen atoms in total. The van der Waals surface area contributed by atoms with Crippen LogP contribution >= 0.6 is 11.8 Å². The van der Waals surface area contributed by atoms with Crippen LogP contribution in [0.15, 0.2) is 58.4 Å². The van der Waals surface area contributed by atoms with Gasteiger partial charge in [-0.2, -0.15) is 0 Å². The van der Waals surface area contributed by atoms with Crippen molar-refractivity contribution >= 4 is 17.7 Å². The number of thioether (sulfide) groups is 1. The Morgan fingerprint density at radius 3 is 2.74 bits per heavy atom. The third kappa shape index (κ3) is 4.95. The average Bonchev–Trinajstić information content (AvgIpc) is 3.29. The van der Waals surface area contributed by atoms with Crippen molar-refractivity contribution in [2.75, 3.05) is 6.61 Å². The largest absolute Gasteiger partial charge is 0.494 e. The van der Waals surface area contributed by atoms with Crippen molar-refractivity contribution in [3.63, 3.8) is 0 Å². The highest BCUT2D eigenvalue weighted by Gasteiger charge is 2.15. The van der Waals surface area contributed by atoms with E-state index in [4.69, 9.17) is 9.15 Å². The smallest absolute Gasteiger partial charge is 0.287 e. The molecule has 2 heterocycles. The molecule has 27 heavy (non-hydrogen) atoms. The van der Waals surface area contributed by atoms with Crippen LogP contribution in [-0.2, 0) is 12.8 Å². The number of amides is 1. The van der Waals surface area contributed by atoms with Gasteiger partial charge in [0.1, 0.15) is 11.5 Å². The minimum Gasteiger partial charge on any atom is -0.494 e. The first-order valence-electron chi connectivity index (χ1n) is 8.79. The van der Waals surface area contributed by atoms with Crippen LogP contribution in [0.4, 0.5) is 0 Å². The van der Waals surface area contributed by atoms with Gasteiger partial charge in [0.2, 0.25) is 0 Å². The van der Waals surface area contributed by atoms with Gasteiger partial charge in [-0.15, -0.1) is 0 Å². The fraction of sp³-hybridized carbons (Fsp3) is 0.300. The fourth-order valence-electron chi connectivity index (χ4n) is 2.57. The Hall–Kier alpha value is -2.67. The van der Waals surface area contributed by atoms with Crippen LogP contribution in [-0.4, -0.2) is 22.1 Å². The maximum atomic E-state index is 12.4. The molecule has 0 saturated heterocycles. The summed E-state index contributed by atoms with van der Waals surface area (Å²) < 4.78 is 13.1. The zero-order valence-corrected chi connectivity index (χ0v) is 16.5. The van der Waals surface area contributed by atoms with Crippen molar-refractivity contribution in [2.24, 2.45) is 7.05 Å². The summed E-state index contributed by atoms with van der Waals surface area (Å²) in [6, 6.07) is 11.1. The van der Waals surface area contributed by atoms with Crippen molar-refractivity contribution in [3.8, 4) is 5.75 Å². The Morgan fingerprint density at radius 2 is 2.07 bits per heavy atom. The Labute approximate surface area is 162 Å². The molecule has 0 aliphatic carbocycles. The normalized spacial score (nSPS) is 12.0. The van der Waals surface area contributed by atoms with Crippen LogP contribution in [0.2, 0.25) is 0 Å². The predicted octanol–water partition coefficient (Wildman–Crippen LogP) is 4.20. The fourth-order valence-corrected chi connectivity index (χ4v) is 3.40. The molecule has 2 aromatic heterocycles. The highest BCUT2D eigenvalue weighted by molar-refractivity contribution is 7.98. The molecule has 1 unspecified atom stereocenters. The average molecular weight is 385 g/mol. The number of rotatable bonds is 8. The lowest BCUT2D eigenvalue weighted by Crippen LogP contribution is -2.26. The van der Waals surface area contributed by atoms with Crippen molar-refractivity contribution in [2.45, 2.75) is 30.8 Å². The van der Waals surface area contributed by atoms with Crippen molar-refractivity contribution in [1.29, 1.82) is 0 Å². The molecule has 0 saturated carbocycles. The SMILES string of the molecule is CCOc1ccc(C(C)NC(=O)c2ccc(CSc3nccn3C)o2)cc1. The number of ether oxygens (including phenoxy) is 1. The summed E-state index contributed by atoms with van der Waals surface area (Å²) in [5.41, 5.74) is 1.00.